The number of aromatic nitrogens is 3. The molecule has 1 N–H and O–H groups in total. The fourth-order valence-electron chi connectivity index (χ4n) is 3.55. The molecular formula is C24H27N5O3S. The number of hydrogen-bond acceptors (Lipinski definition) is 7. The normalized spacial score (nSPS) is 13.5. The van der Waals surface area contributed by atoms with Gasteiger partial charge in [0.25, 0.3) is 0 Å². The Hall–Kier alpha value is -3.30. The lowest BCUT2D eigenvalue weighted by molar-refractivity contribution is -0.113. The Morgan fingerprint density at radius 1 is 1.15 bits per heavy atom. The quantitative estimate of drug-likeness (QED) is 0.381. The first kappa shape index (κ1) is 22.9. The maximum absolute atomic E-state index is 12.5. The fourth-order valence-corrected chi connectivity index (χ4v) is 4.29. The van der Waals surface area contributed by atoms with Gasteiger partial charge < -0.3 is 19.7 Å². The first-order chi connectivity index (χ1) is 16.2. The number of nitrogens with one attached hydrogen (secondary N) is 1. The van der Waals surface area contributed by atoms with E-state index < -0.39 is 0 Å². The minimum Gasteiger partial charge on any atom is -0.497 e. The second-order valence-corrected chi connectivity index (χ2v) is 8.36. The third kappa shape index (κ3) is 5.74. The van der Waals surface area contributed by atoms with Crippen LogP contribution in [0.5, 0.6) is 5.75 Å². The van der Waals surface area contributed by atoms with Crippen LogP contribution in [0.1, 0.15) is 0 Å². The van der Waals surface area contributed by atoms with E-state index in [1.54, 1.807) is 13.2 Å². The van der Waals surface area contributed by atoms with E-state index in [0.29, 0.717) is 11.7 Å². The van der Waals surface area contributed by atoms with Crippen LogP contribution in [0.15, 0.2) is 66.3 Å². The summed E-state index contributed by atoms with van der Waals surface area (Å²) in [6.45, 7) is 7.63. The number of morpholine rings is 1. The molecule has 1 aromatic heterocycles. The average molecular weight is 466 g/mol. The number of amides is 1. The molecule has 1 fully saturated rings. The highest BCUT2D eigenvalue weighted by Crippen LogP contribution is 2.26. The lowest BCUT2D eigenvalue weighted by Gasteiger charge is -2.28. The zero-order valence-electron chi connectivity index (χ0n) is 18.6. The van der Waals surface area contributed by atoms with Crippen LogP contribution in [0.4, 0.5) is 11.4 Å². The van der Waals surface area contributed by atoms with E-state index in [9.17, 15) is 4.79 Å². The van der Waals surface area contributed by atoms with Crippen molar-refractivity contribution in [2.75, 3.05) is 49.4 Å². The number of carbonyl (C=O) groups excluding carboxylic acids is 1. The van der Waals surface area contributed by atoms with Crippen LogP contribution in [0.25, 0.3) is 11.4 Å². The molecule has 2 aromatic carbocycles. The van der Waals surface area contributed by atoms with Crippen LogP contribution in [0.2, 0.25) is 0 Å². The molecule has 0 saturated carbocycles. The van der Waals surface area contributed by atoms with Crippen LogP contribution < -0.4 is 15.0 Å². The van der Waals surface area contributed by atoms with Gasteiger partial charge in [0.05, 0.1) is 26.1 Å². The van der Waals surface area contributed by atoms with Gasteiger partial charge in [-0.25, -0.2) is 0 Å². The Morgan fingerprint density at radius 3 is 2.55 bits per heavy atom. The van der Waals surface area contributed by atoms with Gasteiger partial charge in [0.2, 0.25) is 5.91 Å². The molecule has 1 aliphatic rings. The fraction of sp³-hybridized carbons (Fsp3) is 0.292. The molecule has 1 amide bonds. The predicted molar refractivity (Wildman–Crippen MR) is 131 cm³/mol. The summed E-state index contributed by atoms with van der Waals surface area (Å²) in [5, 5.41) is 12.2. The number of ether oxygens (including phenoxy) is 2. The van der Waals surface area contributed by atoms with Crippen molar-refractivity contribution >= 4 is 29.0 Å². The average Bonchev–Trinajstić information content (AvgIpc) is 3.26. The van der Waals surface area contributed by atoms with Crippen LogP contribution in [0.3, 0.4) is 0 Å². The third-order valence-corrected chi connectivity index (χ3v) is 6.20. The number of nitrogens with zero attached hydrogens (tertiary/aromatic N) is 4. The molecule has 0 spiro atoms. The number of anilines is 2. The highest BCUT2D eigenvalue weighted by molar-refractivity contribution is 7.99. The topological polar surface area (TPSA) is 81.5 Å². The summed E-state index contributed by atoms with van der Waals surface area (Å²) < 4.78 is 12.6. The molecule has 0 aliphatic carbocycles. The van der Waals surface area contributed by atoms with E-state index >= 15 is 0 Å². The molecule has 3 aromatic rings. The molecule has 0 atom stereocenters. The number of methoxy groups -OCH3 is 1. The minimum atomic E-state index is -0.0988. The molecule has 33 heavy (non-hydrogen) atoms. The molecule has 0 bridgehead atoms. The molecule has 0 unspecified atom stereocenters. The van der Waals surface area contributed by atoms with Gasteiger partial charge in [-0.05, 0) is 48.5 Å². The van der Waals surface area contributed by atoms with E-state index in [1.807, 2.05) is 53.1 Å². The summed E-state index contributed by atoms with van der Waals surface area (Å²) >= 11 is 1.35. The monoisotopic (exact) mass is 465 g/mol. The summed E-state index contributed by atoms with van der Waals surface area (Å²) in [7, 11) is 1.63. The highest BCUT2D eigenvalue weighted by atomic mass is 32.2. The Bertz CT molecular complexity index is 1080. The Labute approximate surface area is 197 Å². The summed E-state index contributed by atoms with van der Waals surface area (Å²) in [5.41, 5.74) is 2.82. The van der Waals surface area contributed by atoms with Crippen molar-refractivity contribution < 1.29 is 14.3 Å². The summed E-state index contributed by atoms with van der Waals surface area (Å²) in [6.07, 6.45) is 1.79. The van der Waals surface area contributed by atoms with Crippen molar-refractivity contribution in [1.82, 2.24) is 14.8 Å². The number of hydrogen-bond donors (Lipinski definition) is 1. The molecule has 9 heteroatoms. The summed E-state index contributed by atoms with van der Waals surface area (Å²) in [6, 6.07) is 15.5. The standard InChI is InChI=1S/C24H27N5O3S/c1-3-12-29-23(18-4-10-21(31-2)11-5-18)26-27-24(29)33-17-22(30)25-19-6-8-20(9-7-19)28-13-15-32-16-14-28/h3-11H,1,12-17H2,2H3,(H,25,30). The predicted octanol–water partition coefficient (Wildman–Crippen LogP) is 3.71. The van der Waals surface area contributed by atoms with E-state index in [1.165, 1.54) is 11.8 Å². The number of carbonyl (C=O) groups is 1. The molecular weight excluding hydrogens is 438 g/mol. The number of benzene rings is 2. The van der Waals surface area contributed by atoms with Crippen LogP contribution in [-0.2, 0) is 16.1 Å². The Balaban J connectivity index is 1.37. The van der Waals surface area contributed by atoms with Gasteiger partial charge in [-0.1, -0.05) is 17.8 Å². The number of allylic oxidation sites excluding steroid dienone is 1. The van der Waals surface area contributed by atoms with Crippen molar-refractivity contribution in [1.29, 1.82) is 0 Å². The highest BCUT2D eigenvalue weighted by Gasteiger charge is 2.16. The molecule has 1 aliphatic heterocycles. The lowest BCUT2D eigenvalue weighted by Crippen LogP contribution is -2.36. The number of rotatable bonds is 9. The SMILES string of the molecule is C=CCn1c(SCC(=O)Nc2ccc(N3CCOCC3)cc2)nnc1-c1ccc(OC)cc1. The molecule has 4 rings (SSSR count). The van der Waals surface area contributed by atoms with Crippen molar-refractivity contribution in [2.45, 2.75) is 11.7 Å². The first-order valence-electron chi connectivity index (χ1n) is 10.7. The molecule has 1 saturated heterocycles. The molecule has 2 heterocycles. The Kier molecular flexibility index (Phi) is 7.64. The number of thioether (sulfide) groups is 1. The second-order valence-electron chi connectivity index (χ2n) is 7.42. The van der Waals surface area contributed by atoms with Gasteiger partial charge >= 0.3 is 0 Å². The van der Waals surface area contributed by atoms with Gasteiger partial charge in [0.15, 0.2) is 11.0 Å². The minimum absolute atomic E-state index is 0.0988. The van der Waals surface area contributed by atoms with E-state index in [2.05, 4.69) is 27.0 Å². The molecule has 0 radical (unpaired) electrons. The van der Waals surface area contributed by atoms with Gasteiger partial charge in [-0.15, -0.1) is 16.8 Å². The second kappa shape index (κ2) is 11.0. The smallest absolute Gasteiger partial charge is 0.234 e. The van der Waals surface area contributed by atoms with Crippen LogP contribution >= 0.6 is 11.8 Å². The van der Waals surface area contributed by atoms with E-state index in [-0.39, 0.29) is 11.7 Å². The van der Waals surface area contributed by atoms with Crippen LogP contribution in [-0.4, -0.2) is 59.8 Å². The third-order valence-electron chi connectivity index (χ3n) is 5.24. The van der Waals surface area contributed by atoms with Gasteiger partial charge in [-0.3, -0.25) is 9.36 Å². The molecule has 172 valence electrons. The Morgan fingerprint density at radius 2 is 1.88 bits per heavy atom. The maximum atomic E-state index is 12.5. The summed E-state index contributed by atoms with van der Waals surface area (Å²) in [4.78, 5) is 14.8. The summed E-state index contributed by atoms with van der Waals surface area (Å²) in [5.74, 6) is 1.62. The van der Waals surface area contributed by atoms with Crippen molar-refractivity contribution in [3.8, 4) is 17.1 Å². The van der Waals surface area contributed by atoms with Gasteiger partial charge in [0, 0.05) is 36.6 Å². The first-order valence-corrected chi connectivity index (χ1v) is 11.7. The van der Waals surface area contributed by atoms with Crippen molar-refractivity contribution in [3.63, 3.8) is 0 Å². The zero-order valence-corrected chi connectivity index (χ0v) is 19.4. The van der Waals surface area contributed by atoms with Crippen molar-refractivity contribution in [2.24, 2.45) is 0 Å². The molecule has 8 nitrogen and oxygen atoms in total. The van der Waals surface area contributed by atoms with Gasteiger partial charge in [-0.2, -0.15) is 0 Å². The lowest BCUT2D eigenvalue weighted by atomic mass is 10.2. The zero-order chi connectivity index (χ0) is 23.0. The van der Waals surface area contributed by atoms with E-state index in [4.69, 9.17) is 9.47 Å². The van der Waals surface area contributed by atoms with Crippen LogP contribution in [0, 0.1) is 0 Å². The van der Waals surface area contributed by atoms with Crippen molar-refractivity contribution in [3.05, 3.63) is 61.2 Å². The maximum Gasteiger partial charge on any atom is 0.234 e. The van der Waals surface area contributed by atoms with E-state index in [0.717, 1.165) is 54.8 Å². The van der Waals surface area contributed by atoms with Gasteiger partial charge in [0.1, 0.15) is 5.75 Å². The largest absolute Gasteiger partial charge is 0.497 e.